The third-order valence-corrected chi connectivity index (χ3v) is 3.10. The first-order valence-corrected chi connectivity index (χ1v) is 6.57. The number of pyridine rings is 2. The third kappa shape index (κ3) is 4.33. The lowest BCUT2D eigenvalue weighted by Crippen LogP contribution is -3.00. The van der Waals surface area contributed by atoms with Gasteiger partial charge in [0.1, 0.15) is 0 Å². The number of esters is 1. The van der Waals surface area contributed by atoms with Gasteiger partial charge in [-0.25, -0.2) is 4.79 Å². The molecular formula is C15H17ClN2O4. The summed E-state index contributed by atoms with van der Waals surface area (Å²) >= 11 is 0. The molecule has 0 spiro atoms. The molecule has 0 aliphatic heterocycles. The number of ether oxygens (including phenoxy) is 1. The maximum atomic E-state index is 11.7. The van der Waals surface area contributed by atoms with Gasteiger partial charge in [-0.3, -0.25) is 4.98 Å². The molecular weight excluding hydrogens is 308 g/mol. The normalized spacial score (nSPS) is 9.86. The number of halogens is 1. The van der Waals surface area contributed by atoms with E-state index in [1.807, 2.05) is 0 Å². The van der Waals surface area contributed by atoms with Crippen molar-refractivity contribution in [2.45, 2.75) is 19.9 Å². The van der Waals surface area contributed by atoms with Crippen molar-refractivity contribution in [3.63, 3.8) is 0 Å². The number of hydrogen-bond donors (Lipinski definition) is 2. The number of aromatic nitrogens is 2. The molecule has 0 saturated heterocycles. The molecule has 0 saturated carbocycles. The number of hydrogen-bond acceptors (Lipinski definition) is 5. The molecule has 0 bridgehead atoms. The van der Waals surface area contributed by atoms with Crippen molar-refractivity contribution in [2.24, 2.45) is 0 Å². The van der Waals surface area contributed by atoms with Crippen molar-refractivity contribution in [1.82, 2.24) is 4.98 Å². The van der Waals surface area contributed by atoms with Gasteiger partial charge in [-0.1, -0.05) is 0 Å². The molecule has 2 aromatic heterocycles. The standard InChI is InChI=1S/C15H16N2O4.ClH/c1-11-14(19)13(18)5-8-17(11)7-3-9-21-15(20)12-4-2-6-16-10-12;/h2,4-6,8,10,19H,3,7,9H2,1H3;1H. The van der Waals surface area contributed by atoms with Gasteiger partial charge < -0.3 is 27.4 Å². The lowest BCUT2D eigenvalue weighted by molar-refractivity contribution is -0.703. The SMILES string of the molecule is Cc1c(O)c(O)cc[n+]1CCCOC(=O)c1cccnc1.[Cl-]. The van der Waals surface area contributed by atoms with Gasteiger partial charge in [-0.05, 0) is 12.1 Å². The second-order valence-corrected chi connectivity index (χ2v) is 4.56. The zero-order chi connectivity index (χ0) is 15.2. The molecule has 0 amide bonds. The first-order valence-electron chi connectivity index (χ1n) is 6.57. The van der Waals surface area contributed by atoms with E-state index in [1.165, 1.54) is 12.3 Å². The van der Waals surface area contributed by atoms with Crippen molar-refractivity contribution in [2.75, 3.05) is 6.61 Å². The fraction of sp³-hybridized carbons (Fsp3) is 0.267. The van der Waals surface area contributed by atoms with Gasteiger partial charge >= 0.3 is 5.97 Å². The number of nitrogens with zero attached hydrogens (tertiary/aromatic N) is 2. The van der Waals surface area contributed by atoms with E-state index in [1.54, 1.807) is 36.0 Å². The van der Waals surface area contributed by atoms with E-state index >= 15 is 0 Å². The molecule has 6 nitrogen and oxygen atoms in total. The topological polar surface area (TPSA) is 83.5 Å². The first-order chi connectivity index (χ1) is 10.1. The molecule has 0 unspecified atom stereocenters. The Balaban J connectivity index is 0.00000242. The van der Waals surface area contributed by atoms with Crippen molar-refractivity contribution >= 4 is 5.97 Å². The maximum absolute atomic E-state index is 11.7. The summed E-state index contributed by atoms with van der Waals surface area (Å²) in [4.78, 5) is 15.5. The fourth-order valence-corrected chi connectivity index (χ4v) is 1.88. The Labute approximate surface area is 134 Å². The number of aryl methyl sites for hydroxylation is 1. The van der Waals surface area contributed by atoms with Crippen LogP contribution in [0.1, 0.15) is 22.5 Å². The van der Waals surface area contributed by atoms with Gasteiger partial charge in [0.05, 0.1) is 12.2 Å². The molecule has 2 N–H and O–H groups in total. The van der Waals surface area contributed by atoms with Crippen molar-refractivity contribution in [3.8, 4) is 11.5 Å². The Kier molecular flexibility index (Phi) is 6.59. The maximum Gasteiger partial charge on any atom is 0.339 e. The van der Waals surface area contributed by atoms with Crippen molar-refractivity contribution in [3.05, 3.63) is 48.0 Å². The number of rotatable bonds is 5. The number of aromatic hydroxyl groups is 2. The lowest BCUT2D eigenvalue weighted by atomic mass is 10.3. The molecule has 0 fully saturated rings. The van der Waals surface area contributed by atoms with Crippen LogP contribution < -0.4 is 17.0 Å². The molecule has 2 rings (SSSR count). The highest BCUT2D eigenvalue weighted by Crippen LogP contribution is 2.24. The van der Waals surface area contributed by atoms with E-state index in [4.69, 9.17) is 4.74 Å². The molecule has 118 valence electrons. The van der Waals surface area contributed by atoms with Crippen LogP contribution in [0.4, 0.5) is 0 Å². The van der Waals surface area contributed by atoms with Crippen LogP contribution in [0.2, 0.25) is 0 Å². The number of carbonyl (C=O) groups excluding carboxylic acids is 1. The lowest BCUT2D eigenvalue weighted by Gasteiger charge is -2.05. The van der Waals surface area contributed by atoms with Gasteiger partial charge in [0, 0.05) is 31.8 Å². The second-order valence-electron chi connectivity index (χ2n) is 4.56. The highest BCUT2D eigenvalue weighted by atomic mass is 35.5. The molecule has 0 aliphatic rings. The van der Waals surface area contributed by atoms with E-state index in [0.717, 1.165) is 0 Å². The summed E-state index contributed by atoms with van der Waals surface area (Å²) in [5.41, 5.74) is 0.984. The summed E-state index contributed by atoms with van der Waals surface area (Å²) in [7, 11) is 0. The number of carbonyl (C=O) groups is 1. The van der Waals surface area contributed by atoms with Crippen LogP contribution in [-0.2, 0) is 11.3 Å². The summed E-state index contributed by atoms with van der Waals surface area (Å²) in [6.45, 7) is 2.54. The summed E-state index contributed by atoms with van der Waals surface area (Å²) < 4.78 is 6.92. The summed E-state index contributed by atoms with van der Waals surface area (Å²) in [6.07, 6.45) is 5.32. The molecule has 2 heterocycles. The predicted molar refractivity (Wildman–Crippen MR) is 73.8 cm³/mol. The zero-order valence-electron chi connectivity index (χ0n) is 12.1. The molecule has 22 heavy (non-hydrogen) atoms. The van der Waals surface area contributed by atoms with Crippen LogP contribution in [0.15, 0.2) is 36.8 Å². The Morgan fingerprint density at radius 3 is 2.82 bits per heavy atom. The van der Waals surface area contributed by atoms with Gasteiger partial charge in [-0.15, -0.1) is 0 Å². The highest BCUT2D eigenvalue weighted by Gasteiger charge is 2.15. The third-order valence-electron chi connectivity index (χ3n) is 3.10. The van der Waals surface area contributed by atoms with E-state index in [2.05, 4.69) is 4.98 Å². The van der Waals surface area contributed by atoms with E-state index in [-0.39, 0.29) is 30.5 Å². The Morgan fingerprint density at radius 2 is 2.14 bits per heavy atom. The Morgan fingerprint density at radius 1 is 1.36 bits per heavy atom. The largest absolute Gasteiger partial charge is 1.00 e. The van der Waals surface area contributed by atoms with Crippen LogP contribution in [0.5, 0.6) is 11.5 Å². The van der Waals surface area contributed by atoms with Crippen LogP contribution >= 0.6 is 0 Å². The molecule has 0 aromatic carbocycles. The van der Waals surface area contributed by atoms with Crippen LogP contribution in [-0.4, -0.2) is 27.8 Å². The summed E-state index contributed by atoms with van der Waals surface area (Å²) in [6, 6.07) is 4.74. The molecule has 7 heteroatoms. The summed E-state index contributed by atoms with van der Waals surface area (Å²) in [5, 5.41) is 19.0. The quantitative estimate of drug-likeness (QED) is 0.391. The molecule has 0 aliphatic carbocycles. The summed E-state index contributed by atoms with van der Waals surface area (Å²) in [5.74, 6) is -0.685. The molecule has 0 atom stereocenters. The van der Waals surface area contributed by atoms with Gasteiger partial charge in [-0.2, -0.15) is 4.57 Å². The zero-order valence-corrected chi connectivity index (χ0v) is 12.8. The minimum absolute atomic E-state index is 0. The van der Waals surface area contributed by atoms with Crippen LogP contribution in [0.25, 0.3) is 0 Å². The van der Waals surface area contributed by atoms with Gasteiger partial charge in [0.25, 0.3) is 0 Å². The second kappa shape index (κ2) is 8.19. The minimum atomic E-state index is -0.404. The first kappa shape index (κ1) is 17.7. The van der Waals surface area contributed by atoms with Crippen molar-refractivity contribution < 1.29 is 36.7 Å². The van der Waals surface area contributed by atoms with Gasteiger partial charge in [0.2, 0.25) is 11.4 Å². The van der Waals surface area contributed by atoms with Crippen LogP contribution in [0.3, 0.4) is 0 Å². The average Bonchev–Trinajstić information content (AvgIpc) is 2.51. The van der Waals surface area contributed by atoms with Gasteiger partial charge in [0.15, 0.2) is 18.5 Å². The molecule has 0 radical (unpaired) electrons. The highest BCUT2D eigenvalue weighted by molar-refractivity contribution is 5.88. The van der Waals surface area contributed by atoms with Crippen molar-refractivity contribution in [1.29, 1.82) is 0 Å². The predicted octanol–water partition coefficient (Wildman–Crippen LogP) is -1.66. The average molecular weight is 325 g/mol. The van der Waals surface area contributed by atoms with Crippen LogP contribution in [0, 0.1) is 6.92 Å². The monoisotopic (exact) mass is 324 g/mol. The smallest absolute Gasteiger partial charge is 0.339 e. The minimum Gasteiger partial charge on any atom is -1.00 e. The van der Waals surface area contributed by atoms with E-state index in [0.29, 0.717) is 24.2 Å². The molecule has 2 aromatic rings. The van der Waals surface area contributed by atoms with E-state index < -0.39 is 5.97 Å². The Bertz CT molecular complexity index is 635. The van der Waals surface area contributed by atoms with E-state index in [9.17, 15) is 15.0 Å². The Hall–Kier alpha value is -2.34. The fourth-order valence-electron chi connectivity index (χ4n) is 1.88.